The van der Waals surface area contributed by atoms with Gasteiger partial charge in [-0.2, -0.15) is 14.6 Å². The van der Waals surface area contributed by atoms with Crippen molar-refractivity contribution >= 4 is 22.4 Å². The van der Waals surface area contributed by atoms with Crippen LogP contribution in [-0.4, -0.2) is 37.6 Å². The Morgan fingerprint density at radius 2 is 1.68 bits per heavy atom. The van der Waals surface area contributed by atoms with Crippen molar-refractivity contribution in [2.24, 2.45) is 5.92 Å². The second kappa shape index (κ2) is 14.8. The number of aryl methyl sites for hydroxylation is 1. The third-order valence-electron chi connectivity index (χ3n) is 8.01. The van der Waals surface area contributed by atoms with E-state index in [0.29, 0.717) is 34.4 Å². The van der Waals surface area contributed by atoms with Crippen LogP contribution >= 0.6 is 11.3 Å². The fourth-order valence-electron chi connectivity index (χ4n) is 5.31. The Morgan fingerprint density at radius 3 is 2.40 bits per heavy atom. The average molecular weight is 648 g/mol. The van der Waals surface area contributed by atoms with Gasteiger partial charge in [-0.3, -0.25) is 4.79 Å². The van der Waals surface area contributed by atoms with Crippen molar-refractivity contribution in [2.75, 3.05) is 13.2 Å². The molecule has 0 saturated heterocycles. The highest BCUT2D eigenvalue weighted by atomic mass is 32.1. The Labute approximate surface area is 279 Å². The summed E-state index contributed by atoms with van der Waals surface area (Å²) in [5.74, 6) is 2.79. The first-order valence-corrected chi connectivity index (χ1v) is 17.2. The van der Waals surface area contributed by atoms with Gasteiger partial charge < -0.3 is 9.47 Å². The van der Waals surface area contributed by atoms with E-state index in [2.05, 4.69) is 31.9 Å². The number of ether oxygens (including phenoxy) is 2. The Balaban J connectivity index is 1.29. The number of thiazole rings is 1. The molecule has 0 fully saturated rings. The molecule has 0 aliphatic carbocycles. The van der Waals surface area contributed by atoms with Crippen LogP contribution in [0.2, 0.25) is 0 Å². The molecule has 242 valence electrons. The summed E-state index contributed by atoms with van der Waals surface area (Å²) < 4.78 is 15.7. The van der Waals surface area contributed by atoms with Crippen molar-refractivity contribution in [3.8, 4) is 39.8 Å². The summed E-state index contributed by atoms with van der Waals surface area (Å²) in [6.07, 6.45) is 9.51. The molecule has 3 heterocycles. The number of rotatable bonds is 14. The normalized spacial score (nSPS) is 12.0. The van der Waals surface area contributed by atoms with Gasteiger partial charge in [0, 0.05) is 22.9 Å². The maximum absolute atomic E-state index is 13.6. The molecule has 9 heteroatoms. The van der Waals surface area contributed by atoms with Gasteiger partial charge >= 0.3 is 0 Å². The molecule has 3 aromatic carbocycles. The van der Waals surface area contributed by atoms with Crippen LogP contribution in [0.1, 0.15) is 64.0 Å². The number of fused-ring (bicyclic) bond motifs is 1. The fraction of sp³-hybridized carbons (Fsp3) is 0.316. The lowest BCUT2D eigenvalue weighted by molar-refractivity contribution is 0.288. The van der Waals surface area contributed by atoms with Gasteiger partial charge in [0.25, 0.3) is 5.56 Å². The summed E-state index contributed by atoms with van der Waals surface area (Å²) >= 11 is 1.32. The number of hydrogen-bond acceptors (Lipinski definition) is 7. The summed E-state index contributed by atoms with van der Waals surface area (Å²) in [7, 11) is 0. The molecule has 0 atom stereocenters. The zero-order valence-electron chi connectivity index (χ0n) is 27.5. The lowest BCUT2D eigenvalue weighted by atomic mass is 10.0. The smallest absolute Gasteiger partial charge is 0.291 e. The lowest BCUT2D eigenvalue weighted by Gasteiger charge is -2.11. The lowest BCUT2D eigenvalue weighted by Crippen LogP contribution is -2.23. The van der Waals surface area contributed by atoms with Crippen LogP contribution in [0.5, 0.6) is 11.5 Å². The van der Waals surface area contributed by atoms with E-state index in [1.54, 1.807) is 0 Å². The number of hydrogen-bond donors (Lipinski definition) is 0. The van der Waals surface area contributed by atoms with E-state index < -0.39 is 0 Å². The minimum absolute atomic E-state index is 0.209. The highest BCUT2D eigenvalue weighted by Crippen LogP contribution is 2.29. The molecular weight excluding hydrogens is 607 g/mol. The maximum Gasteiger partial charge on any atom is 0.291 e. The fourth-order valence-corrected chi connectivity index (χ4v) is 6.21. The molecule has 0 saturated carbocycles. The predicted octanol–water partition coefficient (Wildman–Crippen LogP) is 7.91. The molecule has 47 heavy (non-hydrogen) atoms. The molecule has 6 aromatic rings. The summed E-state index contributed by atoms with van der Waals surface area (Å²) in [6.45, 7) is 10.0. The first-order valence-electron chi connectivity index (χ1n) is 16.4. The Hall–Kier alpha value is -4.76. The van der Waals surface area contributed by atoms with Gasteiger partial charge in [0.05, 0.1) is 23.4 Å². The van der Waals surface area contributed by atoms with Crippen LogP contribution in [0.25, 0.3) is 39.4 Å². The van der Waals surface area contributed by atoms with Crippen molar-refractivity contribution in [1.29, 1.82) is 0 Å². The van der Waals surface area contributed by atoms with Gasteiger partial charge in [0.2, 0.25) is 4.96 Å². The van der Waals surface area contributed by atoms with Gasteiger partial charge in [-0.25, -0.2) is 4.68 Å². The second-order valence-corrected chi connectivity index (χ2v) is 13.2. The first-order chi connectivity index (χ1) is 22.9. The van der Waals surface area contributed by atoms with Gasteiger partial charge in [0.15, 0.2) is 5.82 Å². The highest BCUT2D eigenvalue weighted by molar-refractivity contribution is 7.15. The monoisotopic (exact) mass is 647 g/mol. The average Bonchev–Trinajstić information content (AvgIpc) is 3.77. The first kappa shape index (κ1) is 32.2. The molecule has 6 rings (SSSR count). The number of unbranched alkanes of at least 4 members (excludes halogenated alkanes) is 3. The van der Waals surface area contributed by atoms with Crippen molar-refractivity contribution in [3.05, 3.63) is 105 Å². The van der Waals surface area contributed by atoms with Crippen LogP contribution in [0.15, 0.2) is 83.8 Å². The van der Waals surface area contributed by atoms with E-state index in [9.17, 15) is 4.79 Å². The van der Waals surface area contributed by atoms with E-state index in [0.717, 1.165) is 58.0 Å². The van der Waals surface area contributed by atoms with Gasteiger partial charge in [-0.1, -0.05) is 69.6 Å². The standard InChI is InChI=1S/C38H41N5O3S/c1-5-6-7-11-21-45-32-17-14-28(15-18-32)36-39-38-43(41-36)37(44)34(47-38)24-30-25-42(31-12-9-8-10-13-31)40-35(30)29-16-19-33(27(4)23-29)46-22-20-26(2)3/h8-10,12-19,23-26H,5-7,11,20-22H2,1-4H3/b34-24+. The molecule has 0 amide bonds. The number of nitrogens with zero attached hydrogens (tertiary/aromatic N) is 5. The van der Waals surface area contributed by atoms with Crippen molar-refractivity contribution in [2.45, 2.75) is 59.8 Å². The molecule has 0 unspecified atom stereocenters. The van der Waals surface area contributed by atoms with E-state index in [1.165, 1.54) is 35.1 Å². The number of para-hydroxylation sites is 1. The molecule has 0 N–H and O–H groups in total. The Bertz CT molecular complexity index is 2050. The topological polar surface area (TPSA) is 83.5 Å². The number of benzene rings is 3. The van der Waals surface area contributed by atoms with Gasteiger partial charge in [-0.05, 0) is 91.9 Å². The van der Waals surface area contributed by atoms with Crippen LogP contribution in [0, 0.1) is 12.8 Å². The van der Waals surface area contributed by atoms with E-state index >= 15 is 0 Å². The van der Waals surface area contributed by atoms with E-state index in [-0.39, 0.29) is 5.56 Å². The van der Waals surface area contributed by atoms with Crippen LogP contribution in [0.4, 0.5) is 0 Å². The summed E-state index contributed by atoms with van der Waals surface area (Å²) in [5.41, 5.74) is 5.14. The minimum Gasteiger partial charge on any atom is -0.494 e. The quantitative estimate of drug-likeness (QED) is 0.112. The largest absolute Gasteiger partial charge is 0.494 e. The Kier molecular flexibility index (Phi) is 10.1. The number of aromatic nitrogens is 5. The third-order valence-corrected chi connectivity index (χ3v) is 8.97. The molecule has 0 spiro atoms. The summed E-state index contributed by atoms with van der Waals surface area (Å²) in [5, 5.41) is 9.53. The maximum atomic E-state index is 13.6. The van der Waals surface area contributed by atoms with Gasteiger partial charge in [0.1, 0.15) is 17.2 Å². The predicted molar refractivity (Wildman–Crippen MR) is 190 cm³/mol. The van der Waals surface area contributed by atoms with Crippen molar-refractivity contribution < 1.29 is 9.47 Å². The summed E-state index contributed by atoms with van der Waals surface area (Å²) in [4.78, 5) is 18.8. The molecular formula is C38H41N5O3S. The summed E-state index contributed by atoms with van der Waals surface area (Å²) in [6, 6.07) is 23.8. The minimum atomic E-state index is -0.209. The van der Waals surface area contributed by atoms with Crippen molar-refractivity contribution in [1.82, 2.24) is 24.4 Å². The highest BCUT2D eigenvalue weighted by Gasteiger charge is 2.16. The van der Waals surface area contributed by atoms with Crippen LogP contribution in [0.3, 0.4) is 0 Å². The van der Waals surface area contributed by atoms with E-state index in [1.807, 2.05) is 90.6 Å². The van der Waals surface area contributed by atoms with Gasteiger partial charge in [-0.15, -0.1) is 5.10 Å². The third kappa shape index (κ3) is 7.63. The molecule has 0 radical (unpaired) electrons. The molecule has 0 bridgehead atoms. The zero-order chi connectivity index (χ0) is 32.8. The van der Waals surface area contributed by atoms with E-state index in [4.69, 9.17) is 19.6 Å². The molecule has 8 nitrogen and oxygen atoms in total. The second-order valence-electron chi connectivity index (χ2n) is 12.2. The van der Waals surface area contributed by atoms with Crippen LogP contribution in [-0.2, 0) is 0 Å². The SMILES string of the molecule is CCCCCCOc1ccc(-c2nc3s/c(=C/c4cn(-c5ccccc5)nc4-c4ccc(OCCC(C)C)c(C)c4)c(=O)n3n2)cc1. The molecule has 0 aliphatic heterocycles. The van der Waals surface area contributed by atoms with Crippen molar-refractivity contribution in [3.63, 3.8) is 0 Å². The molecule has 3 aromatic heterocycles. The van der Waals surface area contributed by atoms with Crippen LogP contribution < -0.4 is 19.6 Å². The molecule has 0 aliphatic rings. The zero-order valence-corrected chi connectivity index (χ0v) is 28.3. The Morgan fingerprint density at radius 1 is 0.894 bits per heavy atom.